The first kappa shape index (κ1) is 12.7. The van der Waals surface area contributed by atoms with Crippen molar-refractivity contribution >= 4 is 39.5 Å². The molecule has 7 heteroatoms. The molecule has 0 spiro atoms. The van der Waals surface area contributed by atoms with Crippen LogP contribution in [0.1, 0.15) is 5.56 Å². The molecule has 1 aromatic carbocycles. The van der Waals surface area contributed by atoms with Crippen LogP contribution in [0, 0.1) is 0 Å². The minimum absolute atomic E-state index is 0.0574. The van der Waals surface area contributed by atoms with Gasteiger partial charge in [-0.3, -0.25) is 0 Å². The van der Waals surface area contributed by atoms with Crippen LogP contribution in [0.5, 0.6) is 11.5 Å². The average Bonchev–Trinajstić information content (AvgIpc) is 2.22. The second kappa shape index (κ2) is 5.66. The van der Waals surface area contributed by atoms with Crippen molar-refractivity contribution in [3.63, 3.8) is 0 Å². The molecule has 0 aliphatic heterocycles. The van der Waals surface area contributed by atoms with Gasteiger partial charge < -0.3 is 15.6 Å². The van der Waals surface area contributed by atoms with Crippen LogP contribution in [0.4, 0.5) is 0 Å². The first-order valence-corrected chi connectivity index (χ1v) is 5.45. The fraction of sp³-hybridized carbons (Fsp3) is 0.111. The molecule has 16 heavy (non-hydrogen) atoms. The lowest BCUT2D eigenvalue weighted by Gasteiger charge is -2.04. The van der Waals surface area contributed by atoms with Crippen molar-refractivity contribution in [1.29, 1.82) is 0 Å². The molecule has 0 aromatic heterocycles. The highest BCUT2D eigenvalue weighted by atomic mass is 79.9. The van der Waals surface area contributed by atoms with Gasteiger partial charge in [-0.2, -0.15) is 0 Å². The molecule has 0 unspecified atom stereocenters. The summed E-state index contributed by atoms with van der Waals surface area (Å²) in [6.07, 6.45) is 1.63. The van der Waals surface area contributed by atoms with Gasteiger partial charge in [0.05, 0.1) is 11.6 Å². The van der Waals surface area contributed by atoms with E-state index in [-0.39, 0.29) is 10.9 Å². The summed E-state index contributed by atoms with van der Waals surface area (Å²) in [6.45, 7) is 0. The largest absolute Gasteiger partial charge is 0.503 e. The maximum absolute atomic E-state index is 9.57. The molecule has 1 rings (SSSR count). The van der Waals surface area contributed by atoms with E-state index in [2.05, 4.69) is 38.7 Å². The van der Waals surface area contributed by atoms with E-state index in [4.69, 9.17) is 10.5 Å². The number of hydrogen-bond acceptors (Lipinski definition) is 3. The number of halogens is 1. The first-order valence-electron chi connectivity index (χ1n) is 4.25. The topological polar surface area (TPSA) is 81.5 Å². The maximum atomic E-state index is 9.57. The van der Waals surface area contributed by atoms with Crippen molar-refractivity contribution in [2.75, 3.05) is 7.11 Å². The fourth-order valence-corrected chi connectivity index (χ4v) is 1.54. The zero-order chi connectivity index (χ0) is 12.1. The predicted molar refractivity (Wildman–Crippen MR) is 68.4 cm³/mol. The number of hydrazine groups is 1. The number of methoxy groups -OCH3 is 1. The number of phenolic OH excluding ortho intramolecular Hbond substituents is 1. The Balaban J connectivity index is 2.93. The van der Waals surface area contributed by atoms with Crippen LogP contribution < -0.4 is 21.0 Å². The Hall–Kier alpha value is -1.34. The summed E-state index contributed by atoms with van der Waals surface area (Å²) < 4.78 is 5.53. The summed E-state index contributed by atoms with van der Waals surface area (Å²) in [7, 11) is 1.48. The molecule has 0 saturated heterocycles. The van der Waals surface area contributed by atoms with Crippen LogP contribution in [0.2, 0.25) is 0 Å². The van der Waals surface area contributed by atoms with Gasteiger partial charge in [-0.15, -0.1) is 10.5 Å². The van der Waals surface area contributed by atoms with Crippen molar-refractivity contribution in [3.8, 4) is 11.5 Å². The number of nitrogens with two attached hydrogens (primary N) is 1. The summed E-state index contributed by atoms with van der Waals surface area (Å²) in [6, 6.07) is 3.38. The van der Waals surface area contributed by atoms with Gasteiger partial charge in [0.1, 0.15) is 0 Å². The molecule has 0 atom stereocenters. The number of benzene rings is 1. The number of aromatic hydroxyl groups is 1. The smallest absolute Gasteiger partial charge is 0.221 e. The number of nitrogens with one attached hydrogen (secondary N) is 2. The highest BCUT2D eigenvalue weighted by molar-refractivity contribution is 9.10. The van der Waals surface area contributed by atoms with Crippen molar-refractivity contribution in [3.05, 3.63) is 22.2 Å². The van der Waals surface area contributed by atoms with Gasteiger partial charge in [0.15, 0.2) is 17.7 Å². The summed E-state index contributed by atoms with van der Waals surface area (Å²) in [5, 5.41) is 12.4. The first-order chi connectivity index (χ1) is 7.54. The highest BCUT2D eigenvalue weighted by Gasteiger charge is 2.08. The highest BCUT2D eigenvalue weighted by Crippen LogP contribution is 2.34. The lowest BCUT2D eigenvalue weighted by molar-refractivity contribution is -0.499. The van der Waals surface area contributed by atoms with Gasteiger partial charge in [-0.1, -0.05) is 0 Å². The number of ether oxygens (including phenoxy) is 1. The quantitative estimate of drug-likeness (QED) is 0.341. The second-order valence-corrected chi connectivity index (χ2v) is 4.13. The molecule has 0 bridgehead atoms. The van der Waals surface area contributed by atoms with Crippen LogP contribution in [0.15, 0.2) is 16.6 Å². The zero-order valence-corrected chi connectivity index (χ0v) is 10.9. The molecule has 5 nitrogen and oxygen atoms in total. The third-order valence-electron chi connectivity index (χ3n) is 1.70. The SMILES string of the molecule is COc1cc(/C=[NH+]/NC(N)=S)cc(Br)c1O. The van der Waals surface area contributed by atoms with Crippen LogP contribution in [0.3, 0.4) is 0 Å². The van der Waals surface area contributed by atoms with Gasteiger partial charge >= 0.3 is 0 Å². The van der Waals surface area contributed by atoms with Crippen molar-refractivity contribution < 1.29 is 14.9 Å². The summed E-state index contributed by atoms with van der Waals surface area (Å²) in [5.41, 5.74) is 8.56. The van der Waals surface area contributed by atoms with E-state index in [0.717, 1.165) is 5.56 Å². The Morgan fingerprint density at radius 2 is 2.38 bits per heavy atom. The van der Waals surface area contributed by atoms with Crippen molar-refractivity contribution in [2.24, 2.45) is 5.73 Å². The molecule has 1 aromatic rings. The Morgan fingerprint density at radius 1 is 1.69 bits per heavy atom. The second-order valence-electron chi connectivity index (χ2n) is 2.83. The average molecular weight is 305 g/mol. The van der Waals surface area contributed by atoms with E-state index < -0.39 is 0 Å². The monoisotopic (exact) mass is 304 g/mol. The molecule has 0 aliphatic carbocycles. The molecule has 0 heterocycles. The minimum atomic E-state index is 0.0574. The van der Waals surface area contributed by atoms with Gasteiger partial charge in [0.2, 0.25) is 5.11 Å². The van der Waals surface area contributed by atoms with Crippen LogP contribution in [-0.4, -0.2) is 23.5 Å². The molecular formula is C9H11BrN3O2S+. The number of rotatable bonds is 3. The third-order valence-corrected chi connectivity index (χ3v) is 2.41. The Labute approximate surface area is 106 Å². The number of hydrazone groups is 1. The van der Waals surface area contributed by atoms with E-state index in [0.29, 0.717) is 10.2 Å². The molecule has 5 N–H and O–H groups in total. The molecule has 0 radical (unpaired) electrons. The van der Waals surface area contributed by atoms with Crippen molar-refractivity contribution in [2.45, 2.75) is 0 Å². The maximum Gasteiger partial charge on any atom is 0.221 e. The van der Waals surface area contributed by atoms with Gasteiger partial charge in [-0.05, 0) is 40.3 Å². The van der Waals surface area contributed by atoms with E-state index >= 15 is 0 Å². The van der Waals surface area contributed by atoms with E-state index in [1.807, 2.05) is 0 Å². The number of phenols is 1. The molecule has 0 saturated carbocycles. The predicted octanol–water partition coefficient (Wildman–Crippen LogP) is -0.589. The molecule has 86 valence electrons. The third kappa shape index (κ3) is 3.35. The zero-order valence-electron chi connectivity index (χ0n) is 8.45. The fourth-order valence-electron chi connectivity index (χ4n) is 1.02. The van der Waals surface area contributed by atoms with E-state index in [9.17, 15) is 5.11 Å². The summed E-state index contributed by atoms with van der Waals surface area (Å²) in [4.78, 5) is 0. The summed E-state index contributed by atoms with van der Waals surface area (Å²) >= 11 is 7.83. The molecule has 0 fully saturated rings. The van der Waals surface area contributed by atoms with E-state index in [1.54, 1.807) is 18.3 Å². The van der Waals surface area contributed by atoms with Crippen LogP contribution >= 0.6 is 28.1 Å². The summed E-state index contributed by atoms with van der Waals surface area (Å²) in [5.74, 6) is 0.430. The molecule has 0 amide bonds. The van der Waals surface area contributed by atoms with Gasteiger partial charge in [0.25, 0.3) is 0 Å². The van der Waals surface area contributed by atoms with Crippen molar-refractivity contribution in [1.82, 2.24) is 5.43 Å². The van der Waals surface area contributed by atoms with Crippen LogP contribution in [-0.2, 0) is 0 Å². The molecular weight excluding hydrogens is 294 g/mol. The van der Waals surface area contributed by atoms with Crippen LogP contribution in [0.25, 0.3) is 0 Å². The molecule has 0 aliphatic rings. The Kier molecular flexibility index (Phi) is 4.51. The number of thiocarbonyl (C=S) groups is 1. The minimum Gasteiger partial charge on any atom is -0.503 e. The normalized spacial score (nSPS) is 10.4. The lowest BCUT2D eigenvalue weighted by Crippen LogP contribution is -2.82. The Morgan fingerprint density at radius 3 is 2.94 bits per heavy atom. The van der Waals surface area contributed by atoms with Gasteiger partial charge in [-0.25, -0.2) is 0 Å². The lowest BCUT2D eigenvalue weighted by atomic mass is 10.2. The Bertz CT molecular complexity index is 437. The standard InChI is InChI=1S/C9H10BrN3O2S/c1-15-7-3-5(2-6(10)8(7)14)4-12-13-9(11)16/h2-4,14H,1H3,(H3,11,13,16)/p+1/b12-4+. The van der Waals surface area contributed by atoms with E-state index in [1.165, 1.54) is 7.11 Å². The number of hydrogen-bond donors (Lipinski definition) is 4. The van der Waals surface area contributed by atoms with Gasteiger partial charge in [0, 0.05) is 5.56 Å².